The average Bonchev–Trinajstić information content (AvgIpc) is 2.79. The highest BCUT2D eigenvalue weighted by molar-refractivity contribution is 5.73. The highest BCUT2D eigenvalue weighted by Crippen LogP contribution is 2.21. The van der Waals surface area contributed by atoms with Gasteiger partial charge < -0.3 is 15.2 Å². The van der Waals surface area contributed by atoms with E-state index in [1.54, 1.807) is 0 Å². The van der Waals surface area contributed by atoms with Gasteiger partial charge in [0, 0.05) is 18.5 Å². The lowest BCUT2D eigenvalue weighted by Gasteiger charge is -2.11. The first-order valence-electron chi connectivity index (χ1n) is 5.60. The molecule has 0 aromatic heterocycles. The SMILES string of the molecule is O=C(O)C1CC(COc2cc(F)ccc2F)CN1. The van der Waals surface area contributed by atoms with E-state index < -0.39 is 23.6 Å². The van der Waals surface area contributed by atoms with Crippen molar-refractivity contribution in [3.05, 3.63) is 29.8 Å². The second-order valence-electron chi connectivity index (χ2n) is 4.29. The lowest BCUT2D eigenvalue weighted by atomic mass is 10.1. The maximum Gasteiger partial charge on any atom is 0.320 e. The van der Waals surface area contributed by atoms with Gasteiger partial charge in [-0.2, -0.15) is 0 Å². The summed E-state index contributed by atoms with van der Waals surface area (Å²) in [5.41, 5.74) is 0. The highest BCUT2D eigenvalue weighted by atomic mass is 19.1. The summed E-state index contributed by atoms with van der Waals surface area (Å²) < 4.78 is 31.3. The van der Waals surface area contributed by atoms with Crippen molar-refractivity contribution in [1.82, 2.24) is 5.32 Å². The van der Waals surface area contributed by atoms with Crippen molar-refractivity contribution in [2.75, 3.05) is 13.2 Å². The number of halogens is 2. The Morgan fingerprint density at radius 2 is 2.28 bits per heavy atom. The number of hydrogen-bond donors (Lipinski definition) is 2. The van der Waals surface area contributed by atoms with Crippen molar-refractivity contribution in [2.45, 2.75) is 12.5 Å². The molecular weight excluding hydrogens is 244 g/mol. The van der Waals surface area contributed by atoms with Gasteiger partial charge in [0.15, 0.2) is 11.6 Å². The minimum atomic E-state index is -0.908. The number of carbonyl (C=O) groups is 1. The smallest absolute Gasteiger partial charge is 0.320 e. The van der Waals surface area contributed by atoms with Crippen molar-refractivity contribution in [2.24, 2.45) is 5.92 Å². The summed E-state index contributed by atoms with van der Waals surface area (Å²) >= 11 is 0. The molecule has 1 aliphatic heterocycles. The van der Waals surface area contributed by atoms with Crippen LogP contribution in [0, 0.1) is 17.6 Å². The predicted octanol–water partition coefficient (Wildman–Crippen LogP) is 1.41. The van der Waals surface area contributed by atoms with Gasteiger partial charge in [0.1, 0.15) is 11.9 Å². The third kappa shape index (κ3) is 2.95. The Bertz CT molecular complexity index is 453. The Kier molecular flexibility index (Phi) is 3.76. The van der Waals surface area contributed by atoms with Crippen LogP contribution >= 0.6 is 0 Å². The van der Waals surface area contributed by atoms with Gasteiger partial charge in [0.05, 0.1) is 6.61 Å². The number of hydrogen-bond acceptors (Lipinski definition) is 3. The van der Waals surface area contributed by atoms with Gasteiger partial charge >= 0.3 is 5.97 Å². The van der Waals surface area contributed by atoms with Crippen LogP contribution in [0.4, 0.5) is 8.78 Å². The summed E-state index contributed by atoms with van der Waals surface area (Å²) in [4.78, 5) is 10.7. The molecule has 2 rings (SSSR count). The molecule has 0 aliphatic carbocycles. The first kappa shape index (κ1) is 12.8. The predicted molar refractivity (Wildman–Crippen MR) is 59.4 cm³/mol. The molecule has 0 radical (unpaired) electrons. The second-order valence-corrected chi connectivity index (χ2v) is 4.29. The number of carboxylic acid groups (broad SMARTS) is 1. The minimum Gasteiger partial charge on any atom is -0.490 e. The van der Waals surface area contributed by atoms with Crippen molar-refractivity contribution in [3.8, 4) is 5.75 Å². The number of benzene rings is 1. The van der Waals surface area contributed by atoms with Gasteiger partial charge in [0.25, 0.3) is 0 Å². The molecule has 1 heterocycles. The van der Waals surface area contributed by atoms with E-state index in [0.717, 1.165) is 18.2 Å². The van der Waals surface area contributed by atoms with Gasteiger partial charge in [-0.15, -0.1) is 0 Å². The largest absolute Gasteiger partial charge is 0.490 e. The summed E-state index contributed by atoms with van der Waals surface area (Å²) in [6.45, 7) is 0.658. The number of rotatable bonds is 4. The van der Waals surface area contributed by atoms with E-state index in [1.165, 1.54) is 0 Å². The van der Waals surface area contributed by atoms with Crippen LogP contribution in [0.2, 0.25) is 0 Å². The molecule has 1 aromatic rings. The fraction of sp³-hybridized carbons (Fsp3) is 0.417. The van der Waals surface area contributed by atoms with Crippen LogP contribution in [0.1, 0.15) is 6.42 Å². The van der Waals surface area contributed by atoms with Crippen LogP contribution in [-0.2, 0) is 4.79 Å². The van der Waals surface area contributed by atoms with Crippen molar-refractivity contribution in [1.29, 1.82) is 0 Å². The van der Waals surface area contributed by atoms with Gasteiger partial charge in [-0.1, -0.05) is 0 Å². The third-order valence-corrected chi connectivity index (χ3v) is 2.89. The summed E-state index contributed by atoms with van der Waals surface area (Å²) in [5.74, 6) is -2.27. The summed E-state index contributed by atoms with van der Waals surface area (Å²) in [5, 5.41) is 11.6. The summed E-state index contributed by atoms with van der Waals surface area (Å²) in [7, 11) is 0. The van der Waals surface area contributed by atoms with Crippen LogP contribution in [0.15, 0.2) is 18.2 Å². The van der Waals surface area contributed by atoms with Crippen LogP contribution in [0.5, 0.6) is 5.75 Å². The fourth-order valence-corrected chi connectivity index (χ4v) is 1.92. The molecule has 0 bridgehead atoms. The standard InChI is InChI=1S/C12H13F2NO3/c13-8-1-2-9(14)11(4-8)18-6-7-3-10(12(16)17)15-5-7/h1-2,4,7,10,15H,3,5-6H2,(H,16,17). The van der Waals surface area contributed by atoms with E-state index in [2.05, 4.69) is 5.32 Å². The van der Waals surface area contributed by atoms with E-state index >= 15 is 0 Å². The summed E-state index contributed by atoms with van der Waals surface area (Å²) in [6.07, 6.45) is 0.423. The highest BCUT2D eigenvalue weighted by Gasteiger charge is 2.29. The molecule has 2 atom stereocenters. The lowest BCUT2D eigenvalue weighted by Crippen LogP contribution is -2.29. The molecule has 98 valence electrons. The number of ether oxygens (including phenoxy) is 1. The molecule has 1 fully saturated rings. The third-order valence-electron chi connectivity index (χ3n) is 2.89. The quantitative estimate of drug-likeness (QED) is 0.856. The fourth-order valence-electron chi connectivity index (χ4n) is 1.92. The number of aliphatic carboxylic acids is 1. The van der Waals surface area contributed by atoms with Crippen LogP contribution < -0.4 is 10.1 Å². The average molecular weight is 257 g/mol. The Hall–Kier alpha value is -1.69. The molecule has 1 saturated heterocycles. The van der Waals surface area contributed by atoms with E-state index in [0.29, 0.717) is 13.0 Å². The summed E-state index contributed by atoms with van der Waals surface area (Å²) in [6, 6.07) is 2.40. The monoisotopic (exact) mass is 257 g/mol. The zero-order valence-corrected chi connectivity index (χ0v) is 9.53. The van der Waals surface area contributed by atoms with Crippen molar-refractivity contribution >= 4 is 5.97 Å². The molecule has 0 saturated carbocycles. The second kappa shape index (κ2) is 5.30. The van der Waals surface area contributed by atoms with Crippen molar-refractivity contribution in [3.63, 3.8) is 0 Å². The van der Waals surface area contributed by atoms with Gasteiger partial charge in [-0.25, -0.2) is 8.78 Å². The van der Waals surface area contributed by atoms with Gasteiger partial charge in [0.2, 0.25) is 0 Å². The van der Waals surface area contributed by atoms with E-state index in [-0.39, 0.29) is 18.3 Å². The van der Waals surface area contributed by atoms with Crippen LogP contribution in [0.3, 0.4) is 0 Å². The van der Waals surface area contributed by atoms with E-state index in [9.17, 15) is 13.6 Å². The van der Waals surface area contributed by atoms with Gasteiger partial charge in [-0.3, -0.25) is 4.79 Å². The topological polar surface area (TPSA) is 58.6 Å². The van der Waals surface area contributed by atoms with Gasteiger partial charge in [-0.05, 0) is 18.6 Å². The van der Waals surface area contributed by atoms with Crippen LogP contribution in [0.25, 0.3) is 0 Å². The lowest BCUT2D eigenvalue weighted by molar-refractivity contribution is -0.139. The molecule has 1 aromatic carbocycles. The molecule has 2 unspecified atom stereocenters. The molecule has 2 N–H and O–H groups in total. The Labute approximate surface area is 103 Å². The molecular formula is C12H13F2NO3. The van der Waals surface area contributed by atoms with Crippen molar-refractivity contribution < 1.29 is 23.4 Å². The number of carboxylic acids is 1. The van der Waals surface area contributed by atoms with E-state index in [1.807, 2.05) is 0 Å². The molecule has 0 spiro atoms. The molecule has 4 nitrogen and oxygen atoms in total. The Balaban J connectivity index is 1.89. The molecule has 1 aliphatic rings. The minimum absolute atomic E-state index is 0.0197. The van der Waals surface area contributed by atoms with E-state index in [4.69, 9.17) is 9.84 Å². The zero-order chi connectivity index (χ0) is 13.1. The molecule has 0 amide bonds. The normalized spacial score (nSPS) is 23.0. The maximum atomic E-state index is 13.2. The maximum absolute atomic E-state index is 13.2. The zero-order valence-electron chi connectivity index (χ0n) is 9.53. The number of nitrogens with one attached hydrogen (secondary N) is 1. The first-order valence-corrected chi connectivity index (χ1v) is 5.60. The Morgan fingerprint density at radius 3 is 2.94 bits per heavy atom. The molecule has 6 heteroatoms. The Morgan fingerprint density at radius 1 is 1.50 bits per heavy atom. The molecule has 18 heavy (non-hydrogen) atoms. The first-order chi connectivity index (χ1) is 8.56. The van der Waals surface area contributed by atoms with Crippen LogP contribution in [-0.4, -0.2) is 30.3 Å².